The number of rotatable bonds is 2. The van der Waals surface area contributed by atoms with Crippen LogP contribution in [0.4, 0.5) is 18.9 Å². The fourth-order valence-electron chi connectivity index (χ4n) is 1.44. The van der Waals surface area contributed by atoms with Gasteiger partial charge in [-0.3, -0.25) is 0 Å². The molecule has 1 heterocycles. The lowest BCUT2D eigenvalue weighted by molar-refractivity contribution is -0.425. The van der Waals surface area contributed by atoms with E-state index in [0.29, 0.717) is 0 Å². The van der Waals surface area contributed by atoms with Crippen molar-refractivity contribution in [3.05, 3.63) is 51.2 Å². The van der Waals surface area contributed by atoms with E-state index in [1.807, 2.05) is 0 Å². The molecule has 18 heavy (non-hydrogen) atoms. The highest BCUT2D eigenvalue weighted by atomic mass is 32.2. The van der Waals surface area contributed by atoms with Crippen LogP contribution in [0.5, 0.6) is 0 Å². The third-order valence-electron chi connectivity index (χ3n) is 2.26. The number of anilines is 1. The van der Waals surface area contributed by atoms with Crippen LogP contribution in [-0.2, 0) is 6.18 Å². The van der Waals surface area contributed by atoms with Crippen LogP contribution in [0.2, 0.25) is 0 Å². The maximum atomic E-state index is 12.5. The summed E-state index contributed by atoms with van der Waals surface area (Å²) in [5.74, 6) is -0.0377. The fourth-order valence-corrected chi connectivity index (χ4v) is 2.29. The van der Waals surface area contributed by atoms with Gasteiger partial charge in [0.25, 0.3) is 0 Å². The highest BCUT2D eigenvalue weighted by molar-refractivity contribution is 8.02. The third-order valence-corrected chi connectivity index (χ3v) is 3.05. The number of alkyl halides is 3. The van der Waals surface area contributed by atoms with Crippen LogP contribution in [0.3, 0.4) is 0 Å². The number of thioether (sulfide) groups is 1. The largest absolute Gasteiger partial charge is 0.416 e. The Morgan fingerprint density at radius 3 is 2.83 bits per heavy atom. The Hall–Kier alpha value is -1.70. The van der Waals surface area contributed by atoms with Gasteiger partial charge in [-0.05, 0) is 23.1 Å². The topological polar surface area (TPSA) is 46.4 Å². The Bertz CT molecular complexity index is 516. The van der Waals surface area contributed by atoms with Crippen molar-refractivity contribution in [2.24, 2.45) is 0 Å². The molecule has 1 aromatic rings. The number of hydrogen-bond acceptors (Lipinski definition) is 4. The summed E-state index contributed by atoms with van der Waals surface area (Å²) in [7, 11) is 0. The highest BCUT2D eigenvalue weighted by Gasteiger charge is 2.34. The van der Waals surface area contributed by atoms with Crippen LogP contribution in [-0.4, -0.2) is 10.8 Å². The summed E-state index contributed by atoms with van der Waals surface area (Å²) in [5.41, 5.74) is -0.811. The van der Waals surface area contributed by atoms with E-state index in [-0.39, 0.29) is 17.4 Å². The summed E-state index contributed by atoms with van der Waals surface area (Å²) in [5, 5.41) is 12.0. The Balaban J connectivity index is 2.35. The highest BCUT2D eigenvalue weighted by Crippen LogP contribution is 2.34. The van der Waals surface area contributed by atoms with Gasteiger partial charge in [0, 0.05) is 6.07 Å². The summed E-state index contributed by atoms with van der Waals surface area (Å²) in [6, 6.07) is 5.41. The molecule has 2 rings (SSSR count). The number of nitrogens with zero attached hydrogens (tertiary/aromatic N) is 2. The molecule has 0 spiro atoms. The van der Waals surface area contributed by atoms with Crippen LogP contribution >= 0.6 is 11.8 Å². The van der Waals surface area contributed by atoms with Crippen molar-refractivity contribution in [3.8, 4) is 0 Å². The van der Waals surface area contributed by atoms with Gasteiger partial charge < -0.3 is 10.1 Å². The van der Waals surface area contributed by atoms with E-state index in [9.17, 15) is 23.3 Å². The molecule has 0 saturated heterocycles. The Morgan fingerprint density at radius 2 is 2.22 bits per heavy atom. The lowest BCUT2D eigenvalue weighted by Gasteiger charge is -2.14. The summed E-state index contributed by atoms with van der Waals surface area (Å²) in [6.45, 7) is 0. The van der Waals surface area contributed by atoms with Gasteiger partial charge in [0.05, 0.1) is 11.0 Å². The average Bonchev–Trinajstić information content (AvgIpc) is 2.77. The van der Waals surface area contributed by atoms with Gasteiger partial charge in [0.1, 0.15) is 11.6 Å². The molecule has 1 aromatic carbocycles. The number of benzene rings is 1. The van der Waals surface area contributed by atoms with Crippen LogP contribution in [0.25, 0.3) is 0 Å². The first-order valence-corrected chi connectivity index (χ1v) is 5.77. The van der Waals surface area contributed by atoms with E-state index in [1.54, 1.807) is 0 Å². The SMILES string of the molecule is O=[N+]([O-])C1=CSCN1c1[c]ccc(C(F)(F)F)c1. The number of nitro groups is 1. The predicted molar refractivity (Wildman–Crippen MR) is 60.3 cm³/mol. The maximum absolute atomic E-state index is 12.5. The second-order valence-corrected chi connectivity index (χ2v) is 4.24. The van der Waals surface area contributed by atoms with Gasteiger partial charge in [-0.2, -0.15) is 13.2 Å². The maximum Gasteiger partial charge on any atom is 0.416 e. The van der Waals surface area contributed by atoms with Crippen LogP contribution in [0.1, 0.15) is 5.56 Å². The first-order chi connectivity index (χ1) is 8.39. The molecule has 0 amide bonds. The molecule has 0 aromatic heterocycles. The molecule has 1 aliphatic rings. The van der Waals surface area contributed by atoms with Crippen molar-refractivity contribution in [2.75, 3.05) is 10.8 Å². The second kappa shape index (κ2) is 4.52. The summed E-state index contributed by atoms with van der Waals surface area (Å²) < 4.78 is 37.6. The summed E-state index contributed by atoms with van der Waals surface area (Å²) in [4.78, 5) is 11.3. The minimum Gasteiger partial charge on any atom is -0.358 e. The van der Waals surface area contributed by atoms with E-state index >= 15 is 0 Å². The molecule has 0 aliphatic carbocycles. The first-order valence-electron chi connectivity index (χ1n) is 4.72. The molecule has 0 unspecified atom stereocenters. The molecule has 1 aliphatic heterocycles. The second-order valence-electron chi connectivity index (χ2n) is 3.42. The molecular formula is C10H6F3N2O2S. The number of hydrogen-bond donors (Lipinski definition) is 0. The molecule has 0 atom stereocenters. The van der Waals surface area contributed by atoms with Crippen molar-refractivity contribution in [3.63, 3.8) is 0 Å². The van der Waals surface area contributed by atoms with Crippen molar-refractivity contribution < 1.29 is 18.1 Å². The quantitative estimate of drug-likeness (QED) is 0.614. The molecule has 0 bridgehead atoms. The number of halogens is 3. The van der Waals surface area contributed by atoms with E-state index in [2.05, 4.69) is 6.07 Å². The van der Waals surface area contributed by atoms with Gasteiger partial charge in [-0.15, -0.1) is 0 Å². The van der Waals surface area contributed by atoms with Crippen LogP contribution in [0.15, 0.2) is 29.4 Å². The van der Waals surface area contributed by atoms with E-state index in [1.165, 1.54) is 10.3 Å². The van der Waals surface area contributed by atoms with E-state index in [4.69, 9.17) is 0 Å². The van der Waals surface area contributed by atoms with E-state index in [0.717, 1.165) is 30.0 Å². The monoisotopic (exact) mass is 275 g/mol. The Morgan fingerprint density at radius 1 is 1.50 bits per heavy atom. The molecule has 0 saturated carbocycles. The Kier molecular flexibility index (Phi) is 3.20. The third kappa shape index (κ3) is 2.42. The standard InChI is InChI=1S/C10H6F3N2O2S/c11-10(12,13)7-2-1-3-8(4-7)14-6-18-5-9(14)15(16)17/h1-2,4-5H,6H2. The zero-order chi connectivity index (χ0) is 13.3. The zero-order valence-corrected chi connectivity index (χ0v) is 9.59. The smallest absolute Gasteiger partial charge is 0.358 e. The van der Waals surface area contributed by atoms with Gasteiger partial charge in [-0.25, -0.2) is 4.90 Å². The van der Waals surface area contributed by atoms with Crippen molar-refractivity contribution in [1.82, 2.24) is 0 Å². The summed E-state index contributed by atoms with van der Waals surface area (Å²) in [6.07, 6.45) is -4.48. The fraction of sp³-hybridized carbons (Fsp3) is 0.200. The van der Waals surface area contributed by atoms with Gasteiger partial charge >= 0.3 is 12.0 Å². The molecule has 0 N–H and O–H groups in total. The van der Waals surface area contributed by atoms with Crippen LogP contribution < -0.4 is 4.90 Å². The van der Waals surface area contributed by atoms with Crippen molar-refractivity contribution in [1.29, 1.82) is 0 Å². The minimum absolute atomic E-state index is 0.0396. The normalized spacial score (nSPS) is 15.7. The molecule has 8 heteroatoms. The molecular weight excluding hydrogens is 269 g/mol. The van der Waals surface area contributed by atoms with Gasteiger partial charge in [0.15, 0.2) is 0 Å². The predicted octanol–water partition coefficient (Wildman–Crippen LogP) is 3.09. The first kappa shape index (κ1) is 12.7. The zero-order valence-electron chi connectivity index (χ0n) is 8.77. The summed E-state index contributed by atoms with van der Waals surface area (Å²) >= 11 is 1.15. The lowest BCUT2D eigenvalue weighted by atomic mass is 10.2. The lowest BCUT2D eigenvalue weighted by Crippen LogP contribution is -2.23. The van der Waals surface area contributed by atoms with Crippen LogP contribution in [0, 0.1) is 16.2 Å². The van der Waals surface area contributed by atoms with Crippen molar-refractivity contribution in [2.45, 2.75) is 6.18 Å². The molecule has 95 valence electrons. The molecule has 1 radical (unpaired) electrons. The molecule has 4 nitrogen and oxygen atoms in total. The van der Waals surface area contributed by atoms with Crippen molar-refractivity contribution >= 4 is 17.4 Å². The molecule has 0 fully saturated rings. The minimum atomic E-state index is -4.48. The van der Waals surface area contributed by atoms with Gasteiger partial charge in [-0.1, -0.05) is 11.8 Å². The van der Waals surface area contributed by atoms with Gasteiger partial charge in [0.2, 0.25) is 0 Å². The van der Waals surface area contributed by atoms with E-state index < -0.39 is 16.7 Å². The average molecular weight is 275 g/mol. The Labute approximate surface area is 104 Å².